The number of sulfonamides is 1. The first-order valence-corrected chi connectivity index (χ1v) is 15.1. The number of hydrogen-bond acceptors (Lipinski definition) is 5. The summed E-state index contributed by atoms with van der Waals surface area (Å²) < 4.78 is 28.1. The second-order valence-electron chi connectivity index (χ2n) is 10.4. The number of likely N-dealkylation sites (tertiary alicyclic amines) is 1. The van der Waals surface area contributed by atoms with Crippen LogP contribution in [0.2, 0.25) is 10.0 Å². The van der Waals surface area contributed by atoms with Gasteiger partial charge in [0, 0.05) is 40.9 Å². The molecule has 1 amide bonds. The Labute approximate surface area is 244 Å². The highest BCUT2D eigenvalue weighted by Crippen LogP contribution is 2.52. The molecule has 0 spiro atoms. The minimum atomic E-state index is -3.79. The number of amides is 1. The summed E-state index contributed by atoms with van der Waals surface area (Å²) >= 11 is 12.5. The van der Waals surface area contributed by atoms with E-state index in [1.165, 1.54) is 18.5 Å². The number of nitrogens with one attached hydrogen (secondary N) is 1. The highest BCUT2D eigenvalue weighted by atomic mass is 35.5. The van der Waals surface area contributed by atoms with Crippen LogP contribution in [0, 0.1) is 5.41 Å². The molecule has 0 aliphatic carbocycles. The number of aliphatic carboxylic acids is 1. The van der Waals surface area contributed by atoms with E-state index in [-0.39, 0.29) is 29.7 Å². The van der Waals surface area contributed by atoms with Crippen LogP contribution in [-0.4, -0.2) is 47.9 Å². The Morgan fingerprint density at radius 2 is 1.85 bits per heavy atom. The maximum absolute atomic E-state index is 14.2. The van der Waals surface area contributed by atoms with E-state index in [9.17, 15) is 23.1 Å². The van der Waals surface area contributed by atoms with E-state index in [2.05, 4.69) is 9.71 Å². The van der Waals surface area contributed by atoms with Crippen molar-refractivity contribution in [2.45, 2.75) is 56.0 Å². The van der Waals surface area contributed by atoms with Crippen LogP contribution in [0.1, 0.15) is 56.2 Å². The van der Waals surface area contributed by atoms with Gasteiger partial charge in [-0.05, 0) is 67.3 Å². The van der Waals surface area contributed by atoms with Gasteiger partial charge >= 0.3 is 5.97 Å². The fraction of sp³-hybridized carbons (Fsp3) is 0.345. The minimum absolute atomic E-state index is 0.0470. The molecule has 1 saturated heterocycles. The number of carboxylic acids is 1. The summed E-state index contributed by atoms with van der Waals surface area (Å²) in [6.45, 7) is 3.59. The van der Waals surface area contributed by atoms with Crippen LogP contribution in [0.5, 0.6) is 0 Å². The molecule has 4 atom stereocenters. The molecular formula is C29H31Cl2N3O5S. The summed E-state index contributed by atoms with van der Waals surface area (Å²) in [5.74, 6) is -1.64. The molecular weight excluding hydrogens is 573 g/mol. The molecule has 11 heteroatoms. The molecule has 4 rings (SSSR count). The largest absolute Gasteiger partial charge is 0.481 e. The number of carbonyl (C=O) groups excluding carboxylic acids is 1. The number of halogens is 2. The van der Waals surface area contributed by atoms with Crippen molar-refractivity contribution in [1.29, 1.82) is 0 Å². The highest BCUT2D eigenvalue weighted by Gasteiger charge is 2.51. The molecule has 1 fully saturated rings. The van der Waals surface area contributed by atoms with E-state index in [4.69, 9.17) is 23.2 Å². The molecule has 0 radical (unpaired) electrons. The topological polar surface area (TPSA) is 117 Å². The summed E-state index contributed by atoms with van der Waals surface area (Å²) in [7, 11) is -3.79. The van der Waals surface area contributed by atoms with Gasteiger partial charge in [0.05, 0.1) is 17.9 Å². The van der Waals surface area contributed by atoms with Gasteiger partial charge in [-0.3, -0.25) is 14.6 Å². The molecule has 1 aliphatic rings. The molecule has 8 nitrogen and oxygen atoms in total. The average molecular weight is 605 g/mol. The molecule has 4 unspecified atom stereocenters. The summed E-state index contributed by atoms with van der Waals surface area (Å²) in [6.07, 6.45) is 3.00. The predicted molar refractivity (Wildman–Crippen MR) is 154 cm³/mol. The Kier molecular flexibility index (Phi) is 9.19. The van der Waals surface area contributed by atoms with Gasteiger partial charge in [0.1, 0.15) is 4.90 Å². The number of piperidine rings is 1. The van der Waals surface area contributed by atoms with E-state index in [1.54, 1.807) is 36.1 Å². The van der Waals surface area contributed by atoms with Crippen molar-refractivity contribution in [1.82, 2.24) is 14.6 Å². The van der Waals surface area contributed by atoms with Gasteiger partial charge < -0.3 is 10.0 Å². The molecule has 212 valence electrons. The molecule has 2 aromatic carbocycles. The Morgan fingerprint density at radius 1 is 1.12 bits per heavy atom. The Hall–Kier alpha value is -2.98. The summed E-state index contributed by atoms with van der Waals surface area (Å²) in [4.78, 5) is 31.7. The van der Waals surface area contributed by atoms with Gasteiger partial charge in [0.2, 0.25) is 15.9 Å². The molecule has 0 bridgehead atoms. The van der Waals surface area contributed by atoms with E-state index in [1.807, 2.05) is 37.3 Å². The standard InChI is InChI=1S/C29H31Cl2N3O5S/c1-19(12-14-33-40(38,39)24-7-4-13-32-18-24)34-27(20-8-10-22(30)11-9-20)25(21-5-3-6-23(31)15-21)16-29(2,28(34)37)17-26(35)36/h3-11,13,15,18-19,25,27,33H,12,14,16-17H2,1-2H3,(H,35,36). The molecule has 40 heavy (non-hydrogen) atoms. The first-order valence-electron chi connectivity index (χ1n) is 12.9. The zero-order valence-corrected chi connectivity index (χ0v) is 24.5. The number of rotatable bonds is 10. The van der Waals surface area contributed by atoms with Crippen LogP contribution in [-0.2, 0) is 19.6 Å². The van der Waals surface area contributed by atoms with Crippen molar-refractivity contribution in [3.8, 4) is 0 Å². The lowest BCUT2D eigenvalue weighted by atomic mass is 9.67. The lowest BCUT2D eigenvalue weighted by molar-refractivity contribution is -0.160. The van der Waals surface area contributed by atoms with E-state index in [0.717, 1.165) is 11.1 Å². The van der Waals surface area contributed by atoms with Crippen LogP contribution < -0.4 is 4.72 Å². The van der Waals surface area contributed by atoms with Gasteiger partial charge in [0.15, 0.2) is 0 Å². The quantitative estimate of drug-likeness (QED) is 0.308. The molecule has 0 saturated carbocycles. The first kappa shape index (κ1) is 30.0. The third kappa shape index (κ3) is 6.66. The zero-order valence-electron chi connectivity index (χ0n) is 22.1. The van der Waals surface area contributed by atoms with Crippen LogP contribution in [0.15, 0.2) is 78.0 Å². The number of carbonyl (C=O) groups is 2. The number of aromatic nitrogens is 1. The van der Waals surface area contributed by atoms with E-state index >= 15 is 0 Å². The van der Waals surface area contributed by atoms with Crippen LogP contribution >= 0.6 is 23.2 Å². The minimum Gasteiger partial charge on any atom is -0.481 e. The fourth-order valence-corrected chi connectivity index (χ4v) is 6.83. The third-order valence-corrected chi connectivity index (χ3v) is 9.34. The van der Waals surface area contributed by atoms with Crippen molar-refractivity contribution in [2.24, 2.45) is 5.41 Å². The third-order valence-electron chi connectivity index (χ3n) is 7.41. The molecule has 3 aromatic rings. The lowest BCUT2D eigenvalue weighted by Crippen LogP contribution is -2.55. The Balaban J connectivity index is 1.72. The van der Waals surface area contributed by atoms with Crippen LogP contribution in [0.4, 0.5) is 0 Å². The van der Waals surface area contributed by atoms with E-state index in [0.29, 0.717) is 22.9 Å². The number of nitrogens with zero attached hydrogens (tertiary/aromatic N) is 2. The SMILES string of the molecule is CC(CCNS(=O)(=O)c1cccnc1)N1C(=O)C(C)(CC(=O)O)CC(c2cccc(Cl)c2)C1c1ccc(Cl)cc1. The van der Waals surface area contributed by atoms with Crippen LogP contribution in [0.25, 0.3) is 0 Å². The number of carboxylic acid groups (broad SMARTS) is 1. The monoisotopic (exact) mass is 603 g/mol. The van der Waals surface area contributed by atoms with Crippen LogP contribution in [0.3, 0.4) is 0 Å². The van der Waals surface area contributed by atoms with Gasteiger partial charge in [-0.25, -0.2) is 13.1 Å². The van der Waals surface area contributed by atoms with Gasteiger partial charge in [-0.15, -0.1) is 0 Å². The first-order chi connectivity index (χ1) is 18.9. The number of hydrogen-bond donors (Lipinski definition) is 2. The average Bonchev–Trinajstić information content (AvgIpc) is 2.90. The molecule has 2 N–H and O–H groups in total. The normalized spacial score (nSPS) is 22.2. The number of benzene rings is 2. The summed E-state index contributed by atoms with van der Waals surface area (Å²) in [5, 5.41) is 10.8. The second kappa shape index (κ2) is 12.3. The van der Waals surface area contributed by atoms with Crippen molar-refractivity contribution in [3.63, 3.8) is 0 Å². The molecule has 1 aromatic heterocycles. The smallest absolute Gasteiger partial charge is 0.304 e. The Bertz CT molecular complexity index is 1470. The highest BCUT2D eigenvalue weighted by molar-refractivity contribution is 7.89. The van der Waals surface area contributed by atoms with Gasteiger partial charge in [0.25, 0.3) is 0 Å². The fourth-order valence-electron chi connectivity index (χ4n) is 5.49. The predicted octanol–water partition coefficient (Wildman–Crippen LogP) is 5.68. The molecule has 1 aliphatic heterocycles. The van der Waals surface area contributed by atoms with Crippen molar-refractivity contribution in [3.05, 3.63) is 94.2 Å². The Morgan fingerprint density at radius 3 is 2.48 bits per heavy atom. The summed E-state index contributed by atoms with van der Waals surface area (Å²) in [6, 6.07) is 16.7. The zero-order chi connectivity index (χ0) is 29.1. The van der Waals surface area contributed by atoms with Gasteiger partial charge in [-0.2, -0.15) is 0 Å². The van der Waals surface area contributed by atoms with E-state index < -0.39 is 33.5 Å². The van der Waals surface area contributed by atoms with Crippen molar-refractivity contribution >= 4 is 45.1 Å². The lowest BCUT2D eigenvalue weighted by Gasteiger charge is -2.51. The van der Waals surface area contributed by atoms with Gasteiger partial charge in [-0.1, -0.05) is 54.4 Å². The second-order valence-corrected chi connectivity index (χ2v) is 13.1. The molecule has 2 heterocycles. The van der Waals surface area contributed by atoms with Crippen molar-refractivity contribution in [2.75, 3.05) is 6.54 Å². The summed E-state index contributed by atoms with van der Waals surface area (Å²) in [5.41, 5.74) is 0.527. The van der Waals surface area contributed by atoms with Crippen molar-refractivity contribution < 1.29 is 23.1 Å². The number of pyridine rings is 1. The maximum Gasteiger partial charge on any atom is 0.304 e. The maximum atomic E-state index is 14.2.